The predicted molar refractivity (Wildman–Crippen MR) is 53.0 cm³/mol. The van der Waals surface area contributed by atoms with E-state index in [1.165, 1.54) is 0 Å². The molecule has 0 aromatic rings. The summed E-state index contributed by atoms with van der Waals surface area (Å²) < 4.78 is 15.9. The summed E-state index contributed by atoms with van der Waals surface area (Å²) in [5, 5.41) is 0. The zero-order chi connectivity index (χ0) is 10.7. The van der Waals surface area contributed by atoms with Gasteiger partial charge in [0.25, 0.3) is 0 Å². The monoisotopic (exact) mass is 204 g/mol. The largest absolute Gasteiger partial charge is 0.377 e. The third kappa shape index (κ3) is 2.07. The molecule has 84 valence electrons. The summed E-state index contributed by atoms with van der Waals surface area (Å²) in [5.41, 5.74) is 11.8. The van der Waals surface area contributed by atoms with Gasteiger partial charge in [0.05, 0.1) is 0 Å². The lowest BCUT2D eigenvalue weighted by atomic mass is 9.84. The fraction of sp³-hybridized carbons (Fsp3) is 1.00. The third-order valence-corrected chi connectivity index (χ3v) is 2.85. The molecular formula is C9H20N2O3. The molecule has 1 fully saturated rings. The molecule has 1 saturated carbocycles. The van der Waals surface area contributed by atoms with Crippen LogP contribution in [0.5, 0.6) is 0 Å². The van der Waals surface area contributed by atoms with Crippen LogP contribution in [-0.4, -0.2) is 51.7 Å². The maximum absolute atomic E-state index is 5.92. The number of hydrogen-bond donors (Lipinski definition) is 2. The minimum Gasteiger partial charge on any atom is -0.377 e. The molecule has 4 N–H and O–H groups in total. The van der Waals surface area contributed by atoms with Gasteiger partial charge in [-0.25, -0.2) is 0 Å². The molecule has 0 amide bonds. The van der Waals surface area contributed by atoms with Crippen LogP contribution < -0.4 is 11.5 Å². The van der Waals surface area contributed by atoms with Crippen LogP contribution in [0.15, 0.2) is 0 Å². The summed E-state index contributed by atoms with van der Waals surface area (Å²) in [4.78, 5) is 0. The van der Waals surface area contributed by atoms with E-state index in [9.17, 15) is 0 Å². The van der Waals surface area contributed by atoms with Crippen molar-refractivity contribution < 1.29 is 14.2 Å². The van der Waals surface area contributed by atoms with Gasteiger partial charge >= 0.3 is 0 Å². The number of ether oxygens (including phenoxy) is 3. The second-order valence-corrected chi connectivity index (χ2v) is 3.66. The SMILES string of the molecule is CO[C@@H]1[C@@H](OC)[C@H](N)C[C@H](N)[C@H]1OC. The molecule has 1 aliphatic carbocycles. The highest BCUT2D eigenvalue weighted by Crippen LogP contribution is 2.24. The van der Waals surface area contributed by atoms with Gasteiger partial charge in [-0.3, -0.25) is 0 Å². The fourth-order valence-corrected chi connectivity index (χ4v) is 2.14. The van der Waals surface area contributed by atoms with E-state index >= 15 is 0 Å². The van der Waals surface area contributed by atoms with Crippen molar-refractivity contribution in [2.45, 2.75) is 36.8 Å². The van der Waals surface area contributed by atoms with Crippen LogP contribution in [0.1, 0.15) is 6.42 Å². The Labute approximate surface area is 84.7 Å². The summed E-state index contributed by atoms with van der Waals surface area (Å²) in [7, 11) is 4.87. The molecule has 5 nitrogen and oxygen atoms in total. The Balaban J connectivity index is 2.76. The van der Waals surface area contributed by atoms with Crippen molar-refractivity contribution in [1.82, 2.24) is 0 Å². The van der Waals surface area contributed by atoms with Crippen LogP contribution in [0.25, 0.3) is 0 Å². The minimum atomic E-state index is -0.191. The van der Waals surface area contributed by atoms with E-state index < -0.39 is 0 Å². The lowest BCUT2D eigenvalue weighted by Crippen LogP contribution is -2.62. The highest BCUT2D eigenvalue weighted by atomic mass is 16.6. The molecule has 0 radical (unpaired) electrons. The smallest absolute Gasteiger partial charge is 0.112 e. The maximum Gasteiger partial charge on any atom is 0.112 e. The number of rotatable bonds is 3. The first-order valence-corrected chi connectivity index (χ1v) is 4.75. The average molecular weight is 204 g/mol. The van der Waals surface area contributed by atoms with E-state index in [2.05, 4.69) is 0 Å². The molecule has 0 bridgehead atoms. The highest BCUT2D eigenvalue weighted by molar-refractivity contribution is 4.98. The van der Waals surface area contributed by atoms with Crippen molar-refractivity contribution in [1.29, 1.82) is 0 Å². The summed E-state index contributed by atoms with van der Waals surface area (Å²) in [6, 6.07) is -0.183. The summed E-state index contributed by atoms with van der Waals surface area (Å²) in [6.45, 7) is 0. The first-order chi connectivity index (χ1) is 6.65. The molecule has 0 aromatic heterocycles. The predicted octanol–water partition coefficient (Wildman–Crippen LogP) is -0.910. The van der Waals surface area contributed by atoms with Crippen molar-refractivity contribution in [2.24, 2.45) is 11.5 Å². The standard InChI is InChI=1S/C9H20N2O3/c1-12-7-5(10)4-6(11)8(13-2)9(7)14-3/h5-9H,4,10-11H2,1-3H3/t5-,6+,7+,8-,9-. The average Bonchev–Trinajstić information content (AvgIpc) is 2.16. The van der Waals surface area contributed by atoms with Crippen molar-refractivity contribution in [3.05, 3.63) is 0 Å². The second-order valence-electron chi connectivity index (χ2n) is 3.66. The van der Waals surface area contributed by atoms with E-state index in [4.69, 9.17) is 25.7 Å². The van der Waals surface area contributed by atoms with Crippen LogP contribution in [0.3, 0.4) is 0 Å². The Morgan fingerprint density at radius 3 is 1.43 bits per heavy atom. The Morgan fingerprint density at radius 1 is 0.786 bits per heavy atom. The molecule has 5 atom stereocenters. The first-order valence-electron chi connectivity index (χ1n) is 4.75. The van der Waals surface area contributed by atoms with Crippen molar-refractivity contribution in [3.63, 3.8) is 0 Å². The van der Waals surface area contributed by atoms with Gasteiger partial charge in [-0.15, -0.1) is 0 Å². The Bertz CT molecular complexity index is 163. The molecule has 0 unspecified atom stereocenters. The van der Waals surface area contributed by atoms with Gasteiger partial charge in [0.2, 0.25) is 0 Å². The van der Waals surface area contributed by atoms with Crippen LogP contribution in [0.4, 0.5) is 0 Å². The molecule has 1 rings (SSSR count). The normalized spacial score (nSPS) is 43.9. The summed E-state index contributed by atoms with van der Waals surface area (Å²) >= 11 is 0. The first kappa shape index (κ1) is 11.9. The van der Waals surface area contributed by atoms with Crippen molar-refractivity contribution in [2.75, 3.05) is 21.3 Å². The Hall–Kier alpha value is -0.200. The lowest BCUT2D eigenvalue weighted by Gasteiger charge is -2.42. The highest BCUT2D eigenvalue weighted by Gasteiger charge is 2.43. The zero-order valence-corrected chi connectivity index (χ0v) is 8.97. The van der Waals surface area contributed by atoms with Crippen molar-refractivity contribution in [3.8, 4) is 0 Å². The maximum atomic E-state index is 5.92. The van der Waals surface area contributed by atoms with Crippen LogP contribution in [-0.2, 0) is 14.2 Å². The molecule has 0 aromatic carbocycles. The molecular weight excluding hydrogens is 184 g/mol. The van der Waals surface area contributed by atoms with E-state index in [-0.39, 0.29) is 30.4 Å². The quantitative estimate of drug-likeness (QED) is 0.622. The molecule has 14 heavy (non-hydrogen) atoms. The van der Waals surface area contributed by atoms with Gasteiger partial charge in [-0.2, -0.15) is 0 Å². The molecule has 1 aliphatic rings. The van der Waals surface area contributed by atoms with Crippen LogP contribution in [0, 0.1) is 0 Å². The molecule has 0 heterocycles. The van der Waals surface area contributed by atoms with Gasteiger partial charge in [0.1, 0.15) is 18.3 Å². The number of hydrogen-bond acceptors (Lipinski definition) is 5. The van der Waals surface area contributed by atoms with Gasteiger partial charge < -0.3 is 25.7 Å². The molecule has 0 spiro atoms. The number of nitrogens with two attached hydrogens (primary N) is 2. The molecule has 5 heteroatoms. The fourth-order valence-electron chi connectivity index (χ4n) is 2.14. The molecule has 0 saturated heterocycles. The Kier molecular flexibility index (Phi) is 4.28. The zero-order valence-electron chi connectivity index (χ0n) is 8.97. The second kappa shape index (κ2) is 5.04. The Morgan fingerprint density at radius 2 is 1.14 bits per heavy atom. The van der Waals surface area contributed by atoms with Crippen molar-refractivity contribution >= 4 is 0 Å². The van der Waals surface area contributed by atoms with Crippen LogP contribution >= 0.6 is 0 Å². The van der Waals surface area contributed by atoms with Gasteiger partial charge in [-0.1, -0.05) is 0 Å². The van der Waals surface area contributed by atoms with E-state index in [1.807, 2.05) is 0 Å². The number of methoxy groups -OCH3 is 3. The van der Waals surface area contributed by atoms with E-state index in [0.29, 0.717) is 6.42 Å². The molecule has 0 aliphatic heterocycles. The third-order valence-electron chi connectivity index (χ3n) is 2.85. The topological polar surface area (TPSA) is 79.7 Å². The van der Waals surface area contributed by atoms with Gasteiger partial charge in [0, 0.05) is 33.4 Å². The van der Waals surface area contributed by atoms with E-state index in [1.54, 1.807) is 21.3 Å². The van der Waals surface area contributed by atoms with Gasteiger partial charge in [0.15, 0.2) is 0 Å². The minimum absolute atomic E-state index is 0.0913. The van der Waals surface area contributed by atoms with E-state index in [0.717, 1.165) is 0 Å². The summed E-state index contributed by atoms with van der Waals surface area (Å²) in [5.74, 6) is 0. The summed E-state index contributed by atoms with van der Waals surface area (Å²) in [6.07, 6.45) is 0.204. The van der Waals surface area contributed by atoms with Crippen LogP contribution in [0.2, 0.25) is 0 Å². The van der Waals surface area contributed by atoms with Gasteiger partial charge in [-0.05, 0) is 6.42 Å². The lowest BCUT2D eigenvalue weighted by molar-refractivity contribution is -0.141.